The minimum Gasteiger partial charge on any atom is -0.494 e. The molecular weight excluding hydrogens is 456 g/mol. The summed E-state index contributed by atoms with van der Waals surface area (Å²) in [6, 6.07) is 7.51. The lowest BCUT2D eigenvalue weighted by molar-refractivity contribution is -0.133. The van der Waals surface area contributed by atoms with Crippen molar-refractivity contribution in [2.75, 3.05) is 25.6 Å². The molecule has 1 aromatic carbocycles. The predicted octanol–water partition coefficient (Wildman–Crippen LogP) is 6.19. The maximum absolute atomic E-state index is 13.1. The molecule has 0 aliphatic carbocycles. The van der Waals surface area contributed by atoms with Crippen molar-refractivity contribution in [2.24, 2.45) is 0 Å². The zero-order valence-electron chi connectivity index (χ0n) is 20.0. The summed E-state index contributed by atoms with van der Waals surface area (Å²) in [5.74, 6) is 0.533. The third kappa shape index (κ3) is 8.42. The van der Waals surface area contributed by atoms with E-state index >= 15 is 0 Å². The number of alkyl halides is 1. The Kier molecular flexibility index (Phi) is 12.5. The van der Waals surface area contributed by atoms with Gasteiger partial charge in [0.05, 0.1) is 6.61 Å². The molecule has 1 fully saturated rings. The molecule has 1 heterocycles. The quantitative estimate of drug-likeness (QED) is 0.0962. The van der Waals surface area contributed by atoms with Crippen molar-refractivity contribution in [3.05, 3.63) is 35.4 Å². The molecule has 0 bridgehead atoms. The van der Waals surface area contributed by atoms with Gasteiger partial charge in [0.15, 0.2) is 5.11 Å². The van der Waals surface area contributed by atoms with Gasteiger partial charge in [-0.2, -0.15) is 0 Å². The maximum Gasteiger partial charge on any atom is 0.265 e. The summed E-state index contributed by atoms with van der Waals surface area (Å²) >= 11 is 11.3. The van der Waals surface area contributed by atoms with Gasteiger partial charge in [-0.25, -0.2) is 0 Å². The van der Waals surface area contributed by atoms with Crippen LogP contribution in [0.1, 0.15) is 77.2 Å². The molecule has 0 spiro atoms. The number of hydrogen-bond donors (Lipinski definition) is 0. The number of benzene rings is 1. The Morgan fingerprint density at radius 3 is 2.03 bits per heavy atom. The second kappa shape index (κ2) is 15.1. The number of halogens is 1. The highest BCUT2D eigenvalue weighted by Gasteiger charge is 2.38. The molecule has 182 valence electrons. The normalized spacial score (nSPS) is 15.6. The van der Waals surface area contributed by atoms with E-state index in [4.69, 9.17) is 28.6 Å². The molecule has 5 nitrogen and oxygen atoms in total. The molecule has 1 aromatic rings. The zero-order chi connectivity index (χ0) is 24.1. The van der Waals surface area contributed by atoms with Crippen LogP contribution in [0.4, 0.5) is 0 Å². The van der Waals surface area contributed by atoms with Gasteiger partial charge >= 0.3 is 0 Å². The second-order valence-corrected chi connectivity index (χ2v) is 9.08. The molecule has 1 aliphatic rings. The van der Waals surface area contributed by atoms with E-state index in [0.29, 0.717) is 32.0 Å². The first-order valence-electron chi connectivity index (χ1n) is 12.2. The molecule has 2 rings (SSSR count). The molecule has 0 aromatic heterocycles. The van der Waals surface area contributed by atoms with Crippen LogP contribution in [-0.4, -0.2) is 52.3 Å². The average molecular weight is 493 g/mol. The molecule has 0 unspecified atom stereocenters. The number of hydrogen-bond acceptors (Lipinski definition) is 4. The van der Waals surface area contributed by atoms with Crippen molar-refractivity contribution in [3.63, 3.8) is 0 Å². The fourth-order valence-corrected chi connectivity index (χ4v) is 4.12. The van der Waals surface area contributed by atoms with Crippen LogP contribution in [0.3, 0.4) is 0 Å². The fraction of sp³-hybridized carbons (Fsp3) is 0.577. The van der Waals surface area contributed by atoms with Crippen LogP contribution in [-0.2, 0) is 9.59 Å². The zero-order valence-corrected chi connectivity index (χ0v) is 21.6. The van der Waals surface area contributed by atoms with E-state index in [-0.39, 0.29) is 22.5 Å². The monoisotopic (exact) mass is 492 g/mol. The number of rotatable bonds is 15. The molecule has 0 atom stereocenters. The van der Waals surface area contributed by atoms with Crippen molar-refractivity contribution in [1.29, 1.82) is 0 Å². The highest BCUT2D eigenvalue weighted by atomic mass is 35.5. The average Bonchev–Trinajstić information content (AvgIpc) is 2.82. The lowest BCUT2D eigenvalue weighted by atomic mass is 10.1. The largest absolute Gasteiger partial charge is 0.494 e. The number of thiocarbonyl (C=S) groups is 1. The lowest BCUT2D eigenvalue weighted by Gasteiger charge is -2.36. The Morgan fingerprint density at radius 1 is 0.848 bits per heavy atom. The third-order valence-electron chi connectivity index (χ3n) is 5.62. The SMILES string of the molecule is CCCCCCCCOc1ccc(/C=C2\C(=O)N(CCCC)C(=S)N(CCCCl)C2=O)cc1. The Hall–Kier alpha value is -1.92. The molecule has 1 saturated heterocycles. The molecule has 0 N–H and O–H groups in total. The summed E-state index contributed by atoms with van der Waals surface area (Å²) < 4.78 is 5.84. The van der Waals surface area contributed by atoms with E-state index in [0.717, 1.165) is 30.6 Å². The standard InChI is InChI=1S/C26H37ClN2O3S/c1-3-5-7-8-9-10-19-32-22-14-12-21(13-15-22)20-23-24(30)28(17-6-4-2)26(33)29(25(23)31)18-11-16-27/h12-15,20H,3-11,16-19H2,1-2H3/b23-20+. The smallest absolute Gasteiger partial charge is 0.265 e. The van der Waals surface area contributed by atoms with Crippen molar-refractivity contribution < 1.29 is 14.3 Å². The lowest BCUT2D eigenvalue weighted by Crippen LogP contribution is -2.56. The van der Waals surface area contributed by atoms with E-state index in [2.05, 4.69) is 13.8 Å². The van der Waals surface area contributed by atoms with Crippen molar-refractivity contribution >= 4 is 46.8 Å². The Morgan fingerprint density at radius 2 is 1.42 bits per heavy atom. The predicted molar refractivity (Wildman–Crippen MR) is 140 cm³/mol. The first-order valence-corrected chi connectivity index (χ1v) is 13.2. The fourth-order valence-electron chi connectivity index (χ4n) is 3.65. The van der Waals surface area contributed by atoms with Crippen LogP contribution < -0.4 is 4.74 Å². The molecule has 0 saturated carbocycles. The summed E-state index contributed by atoms with van der Waals surface area (Å²) in [7, 11) is 0. The van der Waals surface area contributed by atoms with Gasteiger partial charge in [-0.15, -0.1) is 11.6 Å². The van der Waals surface area contributed by atoms with Gasteiger partial charge in [0.2, 0.25) is 0 Å². The molecule has 7 heteroatoms. The number of carbonyl (C=O) groups is 2. The van der Waals surface area contributed by atoms with Crippen LogP contribution in [0.2, 0.25) is 0 Å². The summed E-state index contributed by atoms with van der Waals surface area (Å²) in [4.78, 5) is 29.2. The molecule has 0 radical (unpaired) electrons. The number of carbonyl (C=O) groups excluding carboxylic acids is 2. The van der Waals surface area contributed by atoms with Gasteiger partial charge < -0.3 is 4.74 Å². The van der Waals surface area contributed by atoms with Gasteiger partial charge in [-0.1, -0.05) is 64.5 Å². The number of nitrogens with zero attached hydrogens (tertiary/aromatic N) is 2. The van der Waals surface area contributed by atoms with Crippen LogP contribution in [0.15, 0.2) is 29.8 Å². The topological polar surface area (TPSA) is 49.9 Å². The Balaban J connectivity index is 2.05. The summed E-state index contributed by atoms with van der Waals surface area (Å²) in [5.41, 5.74) is 0.911. The van der Waals surface area contributed by atoms with E-state index < -0.39 is 0 Å². The van der Waals surface area contributed by atoms with Crippen LogP contribution >= 0.6 is 23.8 Å². The summed E-state index contributed by atoms with van der Waals surface area (Å²) in [5, 5.41) is 0.277. The van der Waals surface area contributed by atoms with Crippen molar-refractivity contribution in [2.45, 2.75) is 71.6 Å². The molecule has 33 heavy (non-hydrogen) atoms. The van der Waals surface area contributed by atoms with Crippen LogP contribution in [0, 0.1) is 0 Å². The number of unbranched alkanes of at least 4 members (excludes halogenated alkanes) is 6. The highest BCUT2D eigenvalue weighted by Crippen LogP contribution is 2.22. The Bertz CT molecular complexity index is 778. The van der Waals surface area contributed by atoms with E-state index in [1.807, 2.05) is 24.3 Å². The highest BCUT2D eigenvalue weighted by molar-refractivity contribution is 7.80. The van der Waals surface area contributed by atoms with Gasteiger partial charge in [0.25, 0.3) is 11.8 Å². The van der Waals surface area contributed by atoms with Gasteiger partial charge in [0, 0.05) is 19.0 Å². The van der Waals surface area contributed by atoms with E-state index in [1.54, 1.807) is 6.08 Å². The number of ether oxygens (including phenoxy) is 1. The second-order valence-electron chi connectivity index (χ2n) is 8.34. The maximum atomic E-state index is 13.1. The van der Waals surface area contributed by atoms with E-state index in [1.165, 1.54) is 41.9 Å². The minimum absolute atomic E-state index is 0.134. The molecular formula is C26H37ClN2O3S. The first kappa shape index (κ1) is 27.3. The Labute approximate surface area is 209 Å². The molecule has 1 aliphatic heterocycles. The van der Waals surface area contributed by atoms with Crippen molar-refractivity contribution in [3.8, 4) is 5.75 Å². The first-order chi connectivity index (χ1) is 16.0. The summed E-state index contributed by atoms with van der Waals surface area (Å²) in [6.07, 6.45) is 11.4. The van der Waals surface area contributed by atoms with Gasteiger partial charge in [-0.05, 0) is 55.3 Å². The minimum atomic E-state index is -0.355. The van der Waals surface area contributed by atoms with E-state index in [9.17, 15) is 9.59 Å². The molecule has 2 amide bonds. The number of amides is 2. The summed E-state index contributed by atoms with van der Waals surface area (Å²) in [6.45, 7) is 5.88. The van der Waals surface area contributed by atoms with Gasteiger partial charge in [-0.3, -0.25) is 19.4 Å². The van der Waals surface area contributed by atoms with Crippen LogP contribution in [0.5, 0.6) is 5.75 Å². The van der Waals surface area contributed by atoms with Crippen molar-refractivity contribution in [1.82, 2.24) is 9.80 Å². The van der Waals surface area contributed by atoms with Crippen LogP contribution in [0.25, 0.3) is 6.08 Å². The third-order valence-corrected chi connectivity index (χ3v) is 6.33. The van der Waals surface area contributed by atoms with Gasteiger partial charge in [0.1, 0.15) is 11.3 Å².